The fraction of sp³-hybridized carbons (Fsp3) is 0.125. The molecule has 0 saturated heterocycles. The molecule has 4 rings (SSSR count). The van der Waals surface area contributed by atoms with Gasteiger partial charge in [-0.05, 0) is 35.4 Å². The number of hydrogen-bond acceptors (Lipinski definition) is 4. The van der Waals surface area contributed by atoms with Gasteiger partial charge in [0.25, 0.3) is 0 Å². The topological polar surface area (TPSA) is 25.2 Å². The van der Waals surface area contributed by atoms with E-state index in [1.807, 2.05) is 12.3 Å². The first kappa shape index (κ1) is 12.0. The molecule has 2 aromatic heterocycles. The largest absolute Gasteiger partial charge is 0.226 e. The molecule has 20 heavy (non-hydrogen) atoms. The lowest BCUT2D eigenvalue weighted by molar-refractivity contribution is 0.910. The van der Waals surface area contributed by atoms with Crippen molar-refractivity contribution in [3.05, 3.63) is 57.9 Å². The van der Waals surface area contributed by atoms with E-state index in [4.69, 9.17) is 0 Å². The van der Waals surface area contributed by atoms with Crippen LogP contribution in [0.15, 0.2) is 46.8 Å². The van der Waals surface area contributed by atoms with Gasteiger partial charge in [-0.1, -0.05) is 41.7 Å². The minimum Gasteiger partial charge on any atom is -0.226 e. The van der Waals surface area contributed by atoms with E-state index >= 15 is 0 Å². The first-order valence-corrected chi connectivity index (χ1v) is 8.25. The van der Waals surface area contributed by atoms with Crippen molar-refractivity contribution < 1.29 is 0 Å². The van der Waals surface area contributed by atoms with Gasteiger partial charge < -0.3 is 0 Å². The predicted molar refractivity (Wildman–Crippen MR) is 86.5 cm³/mol. The molecule has 1 aliphatic carbocycles. The molecule has 0 amide bonds. The van der Waals surface area contributed by atoms with Crippen LogP contribution in [0, 0.1) is 0 Å². The van der Waals surface area contributed by atoms with Crippen molar-refractivity contribution >= 4 is 34.0 Å². The molecule has 1 aliphatic rings. The highest BCUT2D eigenvalue weighted by Gasteiger charge is 2.19. The fourth-order valence-electron chi connectivity index (χ4n) is 2.47. The van der Waals surface area contributed by atoms with E-state index in [9.17, 15) is 0 Å². The van der Waals surface area contributed by atoms with E-state index in [1.165, 1.54) is 26.6 Å². The van der Waals surface area contributed by atoms with Crippen molar-refractivity contribution in [2.75, 3.05) is 0 Å². The second-order valence-corrected chi connectivity index (χ2v) is 6.66. The van der Waals surface area contributed by atoms with Gasteiger partial charge in [0.05, 0.1) is 10.6 Å². The number of hydrogen-bond donors (Lipinski definition) is 0. The number of thiazole rings is 1. The predicted octanol–water partition coefficient (Wildman–Crippen LogP) is 4.72. The molecule has 0 bridgehead atoms. The van der Waals surface area contributed by atoms with Gasteiger partial charge in [0.2, 0.25) is 5.13 Å². The lowest BCUT2D eigenvalue weighted by Crippen LogP contribution is -2.01. The lowest BCUT2D eigenvalue weighted by Gasteiger charge is -2.13. The summed E-state index contributed by atoms with van der Waals surface area (Å²) >= 11 is 3.39. The van der Waals surface area contributed by atoms with E-state index in [2.05, 4.69) is 45.7 Å². The second-order valence-electron chi connectivity index (χ2n) is 4.70. The van der Waals surface area contributed by atoms with Crippen LogP contribution < -0.4 is 0 Å². The Bertz CT molecular complexity index is 770. The van der Waals surface area contributed by atoms with Gasteiger partial charge >= 0.3 is 0 Å². The van der Waals surface area contributed by atoms with E-state index < -0.39 is 0 Å². The van der Waals surface area contributed by atoms with E-state index in [0.29, 0.717) is 0 Å². The Hall–Kier alpha value is -1.78. The maximum atomic E-state index is 4.67. The molecule has 2 heterocycles. The monoisotopic (exact) mass is 296 g/mol. The number of aryl methyl sites for hydroxylation is 2. The summed E-state index contributed by atoms with van der Waals surface area (Å²) in [5, 5.41) is 2.92. The van der Waals surface area contributed by atoms with E-state index in [0.717, 1.165) is 18.0 Å². The van der Waals surface area contributed by atoms with Gasteiger partial charge in [-0.25, -0.2) is 9.98 Å². The van der Waals surface area contributed by atoms with Gasteiger partial charge in [-0.15, -0.1) is 11.3 Å². The Morgan fingerprint density at radius 3 is 2.95 bits per heavy atom. The van der Waals surface area contributed by atoms with Crippen LogP contribution in [-0.2, 0) is 12.8 Å². The zero-order valence-corrected chi connectivity index (χ0v) is 12.4. The third kappa shape index (κ3) is 2.11. The van der Waals surface area contributed by atoms with Crippen molar-refractivity contribution in [1.82, 2.24) is 4.98 Å². The third-order valence-electron chi connectivity index (χ3n) is 3.42. The number of rotatable bonds is 2. The van der Waals surface area contributed by atoms with Gasteiger partial charge in [0.15, 0.2) is 0 Å². The number of fused-ring (bicyclic) bond motifs is 3. The summed E-state index contributed by atoms with van der Waals surface area (Å²) in [4.78, 5) is 11.7. The van der Waals surface area contributed by atoms with E-state index in [-0.39, 0.29) is 0 Å². The highest BCUT2D eigenvalue weighted by molar-refractivity contribution is 7.19. The smallest absolute Gasteiger partial charge is 0.209 e. The molecule has 0 unspecified atom stereocenters. The second kappa shape index (κ2) is 4.96. The Morgan fingerprint density at radius 1 is 1.10 bits per heavy atom. The Morgan fingerprint density at radius 2 is 2.05 bits per heavy atom. The molecule has 2 nitrogen and oxygen atoms in total. The molecule has 0 saturated carbocycles. The zero-order valence-electron chi connectivity index (χ0n) is 10.7. The van der Waals surface area contributed by atoms with Crippen LogP contribution in [-0.4, -0.2) is 11.2 Å². The van der Waals surface area contributed by atoms with E-state index in [1.54, 1.807) is 22.7 Å². The minimum absolute atomic E-state index is 0.861. The van der Waals surface area contributed by atoms with Crippen LogP contribution in [0.5, 0.6) is 0 Å². The average molecular weight is 296 g/mol. The number of thiophene rings is 1. The SMILES string of the molecule is C(=Nc1nc2c(s1)-c1ccccc1CC2)c1cccs1. The normalized spacial score (nSPS) is 13.4. The van der Waals surface area contributed by atoms with Crippen LogP contribution in [0.4, 0.5) is 5.13 Å². The summed E-state index contributed by atoms with van der Waals surface area (Å²) in [6, 6.07) is 12.7. The summed E-state index contributed by atoms with van der Waals surface area (Å²) in [6.07, 6.45) is 4.01. The average Bonchev–Trinajstić information content (AvgIpc) is 3.14. The Kier molecular flexibility index (Phi) is 2.98. The third-order valence-corrected chi connectivity index (χ3v) is 5.27. The maximum absolute atomic E-state index is 4.67. The summed E-state index contributed by atoms with van der Waals surface area (Å²) in [6.45, 7) is 0. The van der Waals surface area contributed by atoms with Crippen LogP contribution >= 0.6 is 22.7 Å². The summed E-state index contributed by atoms with van der Waals surface area (Å²) in [5.41, 5.74) is 3.97. The van der Waals surface area contributed by atoms with Gasteiger partial charge in [-0.2, -0.15) is 0 Å². The van der Waals surface area contributed by atoms with Gasteiger partial charge in [0.1, 0.15) is 0 Å². The summed E-state index contributed by atoms with van der Waals surface area (Å²) in [5.74, 6) is 0. The molecule has 0 aliphatic heterocycles. The van der Waals surface area contributed by atoms with Gasteiger partial charge in [0, 0.05) is 11.1 Å². The fourth-order valence-corrected chi connectivity index (χ4v) is 4.07. The molecule has 0 spiro atoms. The van der Waals surface area contributed by atoms with Crippen LogP contribution in [0.3, 0.4) is 0 Å². The summed E-state index contributed by atoms with van der Waals surface area (Å²) < 4.78 is 0. The Labute approximate surface area is 125 Å². The molecule has 0 atom stereocenters. The molecule has 98 valence electrons. The molecule has 3 aromatic rings. The molecule has 4 heteroatoms. The molecular weight excluding hydrogens is 284 g/mol. The highest BCUT2D eigenvalue weighted by Crippen LogP contribution is 2.40. The molecule has 0 N–H and O–H groups in total. The molecule has 0 radical (unpaired) electrons. The lowest BCUT2D eigenvalue weighted by atomic mass is 9.94. The van der Waals surface area contributed by atoms with Crippen LogP contribution in [0.2, 0.25) is 0 Å². The number of nitrogens with zero attached hydrogens (tertiary/aromatic N) is 2. The van der Waals surface area contributed by atoms with Gasteiger partial charge in [-0.3, -0.25) is 0 Å². The van der Waals surface area contributed by atoms with Crippen LogP contribution in [0.1, 0.15) is 16.1 Å². The van der Waals surface area contributed by atoms with Crippen molar-refractivity contribution in [2.24, 2.45) is 4.99 Å². The van der Waals surface area contributed by atoms with Crippen LogP contribution in [0.25, 0.3) is 10.4 Å². The molecular formula is C16H12N2S2. The first-order chi connectivity index (χ1) is 9.90. The van der Waals surface area contributed by atoms with Crippen molar-refractivity contribution in [3.63, 3.8) is 0 Å². The summed E-state index contributed by atoms with van der Waals surface area (Å²) in [7, 11) is 0. The van der Waals surface area contributed by atoms with Crippen molar-refractivity contribution in [3.8, 4) is 10.4 Å². The number of benzene rings is 1. The zero-order chi connectivity index (χ0) is 13.4. The Balaban J connectivity index is 1.72. The van der Waals surface area contributed by atoms with Crippen molar-refractivity contribution in [2.45, 2.75) is 12.8 Å². The standard InChI is InChI=1S/C16H12N2S2/c1-2-6-13-11(4-1)7-8-14-15(13)20-16(18-14)17-10-12-5-3-9-19-12/h1-6,9-10H,7-8H2. The quantitative estimate of drug-likeness (QED) is 0.628. The maximum Gasteiger partial charge on any atom is 0.209 e. The molecule has 1 aromatic carbocycles. The number of aliphatic imine (C=N–C) groups is 1. The molecule has 0 fully saturated rings. The minimum atomic E-state index is 0.861. The highest BCUT2D eigenvalue weighted by atomic mass is 32.1. The number of aromatic nitrogens is 1. The van der Waals surface area contributed by atoms with Crippen molar-refractivity contribution in [1.29, 1.82) is 0 Å². The first-order valence-electron chi connectivity index (χ1n) is 6.56.